The molecule has 16 rings (SSSR count). The number of pyridine rings is 2. The molecule has 16 heterocycles. The second-order valence-corrected chi connectivity index (χ2v) is 30.9. The Hall–Kier alpha value is -12.1. The lowest BCUT2D eigenvalue weighted by Crippen LogP contribution is -2.40. The monoisotopic (exact) mass is 1680 g/mol. The van der Waals surface area contributed by atoms with E-state index in [4.69, 9.17) is 37.1 Å². The van der Waals surface area contributed by atoms with E-state index < -0.39 is 4.92 Å². The number of hydrogen-bond donors (Lipinski definition) is 0. The number of nitrogens with zero attached hydrogens (tertiary/aromatic N) is 15. The first-order valence-electron chi connectivity index (χ1n) is 34.8. The first kappa shape index (κ1) is 81.4. The van der Waals surface area contributed by atoms with Crippen molar-refractivity contribution in [2.24, 2.45) is 5.92 Å². The van der Waals surface area contributed by atoms with Crippen LogP contribution in [0.3, 0.4) is 0 Å². The summed E-state index contributed by atoms with van der Waals surface area (Å²) in [5.41, 5.74) is 5.12. The molecule has 26 nitrogen and oxygen atoms in total. The number of thiophene rings is 6. The zero-order valence-electron chi connectivity index (χ0n) is 60.5. The number of methoxy groups -OCH3 is 1. The maximum atomic E-state index is 12.6. The first-order valence-corrected chi connectivity index (χ1v) is 40.8. The SMILES string of the molecule is CC(=O)N1CCC(C(=O)n2ccc(/C=C/c3cccs3)n2)CC1.COc1c(C(=O)n2ccc(/C=C/c3cccs3)n2)csc1Cl.O=C(c1ccc(Cl)nc1)n1ccc(/C=C/c2cccs2)n1.O=C(c1ccc(N2CCOCC2)nc1)n1ccc(/C=C/c2ccco2)n1.O=C(c1csc([N+](=O)[O-])c1)n1ccc(/C=C/c2cccs2)n1. The Morgan fingerprint density at radius 1 is 0.509 bits per heavy atom. The molecule has 0 bridgehead atoms. The predicted molar refractivity (Wildman–Crippen MR) is 450 cm³/mol. The Balaban J connectivity index is 0.000000132. The number of carbonyl (C=O) groups is 6. The van der Waals surface area contributed by atoms with Crippen molar-refractivity contribution in [3.05, 3.63) is 299 Å². The van der Waals surface area contributed by atoms with Gasteiger partial charge in [0.25, 0.3) is 23.6 Å². The lowest BCUT2D eigenvalue weighted by Gasteiger charge is -2.30. The number of hydrogen-bond acceptors (Lipinski definition) is 25. The van der Waals surface area contributed by atoms with E-state index in [0.29, 0.717) is 88.2 Å². The Morgan fingerprint density at radius 3 is 1.38 bits per heavy atom. The van der Waals surface area contributed by atoms with E-state index in [0.717, 1.165) is 66.9 Å². The molecule has 2 aliphatic heterocycles. The van der Waals surface area contributed by atoms with Crippen LogP contribution in [-0.4, -0.2) is 151 Å². The maximum Gasteiger partial charge on any atom is 0.324 e. The van der Waals surface area contributed by atoms with Crippen LogP contribution in [0.1, 0.15) is 120 Å². The Bertz CT molecular complexity index is 5660. The number of carbonyl (C=O) groups excluding carboxylic acids is 6. The molecule has 2 aliphatic rings. The van der Waals surface area contributed by atoms with Crippen LogP contribution in [0.25, 0.3) is 60.8 Å². The van der Waals surface area contributed by atoms with E-state index in [1.807, 2.05) is 143 Å². The molecule has 578 valence electrons. The fourth-order valence-corrected chi connectivity index (χ4v) is 15.1. The van der Waals surface area contributed by atoms with Crippen molar-refractivity contribution < 1.29 is 47.6 Å². The molecule has 34 heteroatoms. The number of morpholine rings is 1. The second-order valence-electron chi connectivity index (χ2n) is 24.3. The highest BCUT2D eigenvalue weighted by Crippen LogP contribution is 2.36. The maximum absolute atomic E-state index is 12.6. The highest BCUT2D eigenvalue weighted by Gasteiger charge is 2.28. The summed E-state index contributed by atoms with van der Waals surface area (Å²) in [6, 6.07) is 36.6. The highest BCUT2D eigenvalue weighted by molar-refractivity contribution is 7.15. The normalized spacial score (nSPS) is 13.0. The standard InChI is InChI=1S/C19H18N4O3.C17H19N3O2S.C15H10ClN3OS.C15H11ClN2O2S2.C14H9N3O3S2/c24-19(15-3-6-18(20-14-15)22-9-12-25-13-10-22)23-8-7-16(21-23)4-5-17-2-1-11-26-17;1-13(21)19-9-6-14(7-10-19)17(22)20-11-8-15(18-20)4-5-16-3-2-12-23-16;16-14-6-3-11(10-17-14)15(20)19-8-7-12(18-19)4-5-13-2-1-9-21-13;1-20-13-12(9-22-14(13)16)15(19)18-7-6-10(17-18)4-5-11-3-2-8-21-11;18-14(10-8-13(17(19)20)22-9-10)16-6-5-11(15-16)3-4-12-2-1-7-21-12/h1-8,11,14H,9-10,12-13H2;2-5,8,11-12,14H,6-7,9-10H2,1H3;1-10H;2-9H,1H3;1-9H/b4*5-4+;4-3+. The van der Waals surface area contributed by atoms with Crippen molar-refractivity contribution in [2.75, 3.05) is 51.4 Å². The minimum absolute atomic E-state index is 0.0176. The van der Waals surface area contributed by atoms with Crippen LogP contribution in [0.5, 0.6) is 5.75 Å². The van der Waals surface area contributed by atoms with Gasteiger partial charge in [0, 0.05) is 119 Å². The number of likely N-dealkylation sites (tertiary alicyclic amines) is 1. The van der Waals surface area contributed by atoms with Crippen molar-refractivity contribution in [1.29, 1.82) is 0 Å². The minimum atomic E-state index is -0.514. The van der Waals surface area contributed by atoms with Crippen LogP contribution in [0.15, 0.2) is 208 Å². The number of rotatable bonds is 18. The fraction of sp³-hybridized carbons (Fsp3) is 0.138. The summed E-state index contributed by atoms with van der Waals surface area (Å²) >= 11 is 20.4. The molecule has 0 saturated carbocycles. The Kier molecular flexibility index (Phi) is 28.8. The molecule has 0 unspecified atom stereocenters. The average Bonchev–Trinajstić information content (AvgIpc) is 1.66. The molecule has 14 aromatic rings. The van der Waals surface area contributed by atoms with Gasteiger partial charge in [-0.15, -0.1) is 56.7 Å². The van der Waals surface area contributed by atoms with Crippen molar-refractivity contribution in [3.8, 4) is 5.75 Å². The molecule has 1 amide bonds. The van der Waals surface area contributed by atoms with Gasteiger partial charge in [-0.2, -0.15) is 25.5 Å². The van der Waals surface area contributed by atoms with Gasteiger partial charge in [-0.1, -0.05) is 58.8 Å². The molecule has 0 spiro atoms. The zero-order chi connectivity index (χ0) is 79.7. The summed E-state index contributed by atoms with van der Waals surface area (Å²) < 4.78 is 22.7. The summed E-state index contributed by atoms with van der Waals surface area (Å²) in [6.07, 6.45) is 33.1. The zero-order valence-corrected chi connectivity index (χ0v) is 67.0. The van der Waals surface area contributed by atoms with E-state index in [1.54, 1.807) is 161 Å². The summed E-state index contributed by atoms with van der Waals surface area (Å²) in [4.78, 5) is 100. The summed E-state index contributed by atoms with van der Waals surface area (Å²) in [5, 5.41) is 43.4. The number of halogens is 2. The first-order chi connectivity index (χ1) is 55.5. The lowest BCUT2D eigenvalue weighted by molar-refractivity contribution is -0.380. The summed E-state index contributed by atoms with van der Waals surface area (Å²) in [7, 11) is 1.49. The number of nitro groups is 1. The van der Waals surface area contributed by atoms with Crippen LogP contribution < -0.4 is 9.64 Å². The molecule has 0 aromatic carbocycles. The molecule has 2 saturated heterocycles. The highest BCUT2D eigenvalue weighted by atomic mass is 35.5. The molecule has 0 N–H and O–H groups in total. The minimum Gasteiger partial charge on any atom is -0.493 e. The lowest BCUT2D eigenvalue weighted by atomic mass is 9.96. The van der Waals surface area contributed by atoms with Gasteiger partial charge in [-0.05, 0) is 186 Å². The third kappa shape index (κ3) is 22.8. The van der Waals surface area contributed by atoms with Gasteiger partial charge in [0.1, 0.15) is 21.1 Å². The number of amides is 1. The van der Waals surface area contributed by atoms with Crippen molar-refractivity contribution in [3.63, 3.8) is 0 Å². The third-order valence-corrected chi connectivity index (χ3v) is 22.3. The Labute approximate surface area is 686 Å². The molecule has 0 atom stereocenters. The van der Waals surface area contributed by atoms with Crippen LogP contribution in [0.4, 0.5) is 10.8 Å². The van der Waals surface area contributed by atoms with Crippen molar-refractivity contribution in [2.45, 2.75) is 19.8 Å². The topological polar surface area (TPSA) is 299 Å². The largest absolute Gasteiger partial charge is 0.493 e. The quantitative estimate of drug-likeness (QED) is 0.0438. The number of anilines is 1. The van der Waals surface area contributed by atoms with Gasteiger partial charge < -0.3 is 23.7 Å². The van der Waals surface area contributed by atoms with Crippen LogP contribution in [0.2, 0.25) is 9.49 Å². The van der Waals surface area contributed by atoms with E-state index in [2.05, 4.69) is 40.4 Å². The molecule has 2 fully saturated rings. The van der Waals surface area contributed by atoms with E-state index in [-0.39, 0.29) is 51.9 Å². The van der Waals surface area contributed by atoms with Gasteiger partial charge in [-0.3, -0.25) is 38.9 Å². The molecule has 0 radical (unpaired) electrons. The van der Waals surface area contributed by atoms with Crippen LogP contribution >= 0.6 is 91.2 Å². The van der Waals surface area contributed by atoms with Gasteiger partial charge >= 0.3 is 5.00 Å². The number of ether oxygens (including phenoxy) is 2. The predicted octanol–water partition coefficient (Wildman–Crippen LogP) is 17.7. The number of aromatic nitrogens is 12. The van der Waals surface area contributed by atoms with Gasteiger partial charge in [0.05, 0.1) is 82.2 Å². The summed E-state index contributed by atoms with van der Waals surface area (Å²) in [6.45, 7) is 5.89. The van der Waals surface area contributed by atoms with Crippen LogP contribution in [-0.2, 0) is 9.53 Å². The third-order valence-electron chi connectivity index (χ3n) is 16.7. The molecule has 0 aliphatic carbocycles. The smallest absolute Gasteiger partial charge is 0.324 e. The van der Waals surface area contributed by atoms with Gasteiger partial charge in [0.15, 0.2) is 5.75 Å². The van der Waals surface area contributed by atoms with Crippen LogP contribution in [0, 0.1) is 16.0 Å². The van der Waals surface area contributed by atoms with Crippen molar-refractivity contribution >= 4 is 198 Å². The fourth-order valence-electron chi connectivity index (χ4n) is 10.8. The molecule has 14 aromatic heterocycles. The van der Waals surface area contributed by atoms with E-state index >= 15 is 0 Å². The summed E-state index contributed by atoms with van der Waals surface area (Å²) in [5.74, 6) is 0.901. The molecular weight excluding hydrogens is 1610 g/mol. The van der Waals surface area contributed by atoms with E-state index in [9.17, 15) is 38.9 Å². The Morgan fingerprint density at radius 2 is 0.965 bits per heavy atom. The van der Waals surface area contributed by atoms with Crippen molar-refractivity contribution in [1.82, 2.24) is 63.8 Å². The average molecular weight is 1680 g/mol. The van der Waals surface area contributed by atoms with Gasteiger partial charge in [0.2, 0.25) is 11.8 Å². The molecular formula is C80H67Cl2N15O11S6. The van der Waals surface area contributed by atoms with Gasteiger partial charge in [-0.25, -0.2) is 33.4 Å². The number of furan rings is 1. The number of piperidine rings is 1. The molecule has 114 heavy (non-hydrogen) atoms. The second kappa shape index (κ2) is 40.4. The van der Waals surface area contributed by atoms with E-state index in [1.165, 1.54) is 59.5 Å².